The van der Waals surface area contributed by atoms with Gasteiger partial charge in [-0.25, -0.2) is 21.6 Å². The second-order valence-electron chi connectivity index (χ2n) is 3.22. The van der Waals surface area contributed by atoms with Crippen LogP contribution in [0.2, 0.25) is 0 Å². The summed E-state index contributed by atoms with van der Waals surface area (Å²) in [5.41, 5.74) is 5.20. The van der Waals surface area contributed by atoms with Crippen molar-refractivity contribution < 1.29 is 16.8 Å². The number of sulfone groups is 1. The molecule has 0 aromatic heterocycles. The Bertz CT molecular complexity index is 374. The summed E-state index contributed by atoms with van der Waals surface area (Å²) in [5, 5.41) is -0.707. The third kappa shape index (κ3) is 5.45. The van der Waals surface area contributed by atoms with Gasteiger partial charge in [0.05, 0.1) is 11.0 Å². The first kappa shape index (κ1) is 14.8. The molecule has 0 bridgehead atoms. The van der Waals surface area contributed by atoms with Crippen LogP contribution >= 0.6 is 0 Å². The SMILES string of the molecule is CCS(=O)(=O)CCNS(=O)(=O)C(C)CN. The molecular formula is C7H18N2O4S2. The van der Waals surface area contributed by atoms with Crippen LogP contribution in [0.3, 0.4) is 0 Å². The summed E-state index contributed by atoms with van der Waals surface area (Å²) in [7, 11) is -6.61. The van der Waals surface area contributed by atoms with E-state index in [4.69, 9.17) is 5.73 Å². The zero-order valence-electron chi connectivity index (χ0n) is 8.93. The Hall–Kier alpha value is -0.180. The molecule has 0 amide bonds. The van der Waals surface area contributed by atoms with Gasteiger partial charge in [0.2, 0.25) is 10.0 Å². The molecule has 1 unspecified atom stereocenters. The van der Waals surface area contributed by atoms with Crippen molar-refractivity contribution in [2.75, 3.05) is 24.6 Å². The van der Waals surface area contributed by atoms with E-state index in [1.807, 2.05) is 0 Å². The Balaban J connectivity index is 4.19. The average molecular weight is 258 g/mol. The van der Waals surface area contributed by atoms with E-state index in [0.29, 0.717) is 0 Å². The quantitative estimate of drug-likeness (QED) is 0.589. The molecule has 0 aromatic carbocycles. The van der Waals surface area contributed by atoms with Crippen molar-refractivity contribution in [3.05, 3.63) is 0 Å². The summed E-state index contributed by atoms with van der Waals surface area (Å²) in [5.74, 6) is -0.165. The van der Waals surface area contributed by atoms with Crippen molar-refractivity contribution in [3.63, 3.8) is 0 Å². The maximum absolute atomic E-state index is 11.3. The molecule has 92 valence electrons. The standard InChI is InChI=1S/C7H18N2O4S2/c1-3-14(10,11)5-4-9-15(12,13)7(2)6-8/h7,9H,3-6,8H2,1-2H3. The number of nitrogens with two attached hydrogens (primary N) is 1. The van der Waals surface area contributed by atoms with Crippen LogP contribution in [0.1, 0.15) is 13.8 Å². The highest BCUT2D eigenvalue weighted by atomic mass is 32.2. The maximum Gasteiger partial charge on any atom is 0.215 e. The van der Waals surface area contributed by atoms with Gasteiger partial charge in [-0.2, -0.15) is 0 Å². The van der Waals surface area contributed by atoms with Crippen molar-refractivity contribution in [2.45, 2.75) is 19.1 Å². The van der Waals surface area contributed by atoms with Crippen LogP contribution in [-0.4, -0.2) is 46.7 Å². The molecule has 0 aliphatic carbocycles. The van der Waals surface area contributed by atoms with E-state index in [1.165, 1.54) is 13.8 Å². The molecule has 1 atom stereocenters. The van der Waals surface area contributed by atoms with E-state index in [0.717, 1.165) is 0 Å². The zero-order valence-corrected chi connectivity index (χ0v) is 10.6. The van der Waals surface area contributed by atoms with E-state index < -0.39 is 25.1 Å². The number of nitrogens with one attached hydrogen (secondary N) is 1. The fraction of sp³-hybridized carbons (Fsp3) is 1.00. The molecule has 0 radical (unpaired) electrons. The lowest BCUT2D eigenvalue weighted by molar-refractivity contribution is 0.570. The second-order valence-corrected chi connectivity index (χ2v) is 7.88. The fourth-order valence-electron chi connectivity index (χ4n) is 0.753. The molecule has 0 aliphatic rings. The molecule has 6 nitrogen and oxygen atoms in total. The van der Waals surface area contributed by atoms with Gasteiger partial charge in [-0.05, 0) is 6.92 Å². The third-order valence-corrected chi connectivity index (χ3v) is 5.58. The average Bonchev–Trinajstić information content (AvgIpc) is 2.16. The topological polar surface area (TPSA) is 106 Å². The lowest BCUT2D eigenvalue weighted by Gasteiger charge is -2.11. The van der Waals surface area contributed by atoms with E-state index in [9.17, 15) is 16.8 Å². The van der Waals surface area contributed by atoms with Crippen LogP contribution in [-0.2, 0) is 19.9 Å². The Kier molecular flexibility index (Phi) is 5.71. The number of sulfonamides is 1. The van der Waals surface area contributed by atoms with E-state index in [2.05, 4.69) is 4.72 Å². The van der Waals surface area contributed by atoms with Crippen LogP contribution in [0.5, 0.6) is 0 Å². The summed E-state index contributed by atoms with van der Waals surface area (Å²) in [6, 6.07) is 0. The second kappa shape index (κ2) is 5.78. The lowest BCUT2D eigenvalue weighted by atomic mass is 10.5. The van der Waals surface area contributed by atoms with Gasteiger partial charge in [0.25, 0.3) is 0 Å². The Morgan fingerprint density at radius 2 is 1.80 bits per heavy atom. The van der Waals surface area contributed by atoms with Crippen molar-refractivity contribution in [2.24, 2.45) is 5.73 Å². The first-order valence-corrected chi connectivity index (χ1v) is 8.01. The van der Waals surface area contributed by atoms with E-state index in [-0.39, 0.29) is 24.6 Å². The van der Waals surface area contributed by atoms with E-state index in [1.54, 1.807) is 0 Å². The third-order valence-electron chi connectivity index (χ3n) is 2.02. The monoisotopic (exact) mass is 258 g/mol. The molecule has 3 N–H and O–H groups in total. The molecule has 0 saturated carbocycles. The van der Waals surface area contributed by atoms with Crippen molar-refractivity contribution in [1.82, 2.24) is 4.72 Å². The summed E-state index contributed by atoms with van der Waals surface area (Å²) < 4.78 is 47.0. The van der Waals surface area contributed by atoms with Crippen LogP contribution in [0.25, 0.3) is 0 Å². The minimum absolute atomic E-state index is 0.00978. The van der Waals surface area contributed by atoms with Gasteiger partial charge in [0.1, 0.15) is 0 Å². The highest BCUT2D eigenvalue weighted by molar-refractivity contribution is 7.91. The predicted octanol–water partition coefficient (Wildman–Crippen LogP) is -1.31. The first-order valence-electron chi connectivity index (χ1n) is 4.64. The summed E-state index contributed by atoms with van der Waals surface area (Å²) in [6.45, 7) is 2.90. The molecule has 8 heteroatoms. The highest BCUT2D eigenvalue weighted by Crippen LogP contribution is 1.96. The predicted molar refractivity (Wildman–Crippen MR) is 59.8 cm³/mol. The van der Waals surface area contributed by atoms with Gasteiger partial charge in [0, 0.05) is 18.8 Å². The Morgan fingerprint density at radius 3 is 2.20 bits per heavy atom. The van der Waals surface area contributed by atoms with Crippen molar-refractivity contribution in [1.29, 1.82) is 0 Å². The van der Waals surface area contributed by atoms with Gasteiger partial charge in [-0.3, -0.25) is 0 Å². The Morgan fingerprint density at radius 1 is 1.27 bits per heavy atom. The largest absolute Gasteiger partial charge is 0.329 e. The van der Waals surface area contributed by atoms with Crippen LogP contribution < -0.4 is 10.5 Å². The minimum Gasteiger partial charge on any atom is -0.329 e. The molecule has 0 fully saturated rings. The maximum atomic E-state index is 11.3. The number of hydrogen-bond acceptors (Lipinski definition) is 5. The Labute approximate surface area is 91.2 Å². The van der Waals surface area contributed by atoms with Gasteiger partial charge in [0.15, 0.2) is 9.84 Å². The minimum atomic E-state index is -3.48. The fourth-order valence-corrected chi connectivity index (χ4v) is 2.51. The summed E-state index contributed by atoms with van der Waals surface area (Å²) >= 11 is 0. The smallest absolute Gasteiger partial charge is 0.215 e. The van der Waals surface area contributed by atoms with Gasteiger partial charge in [-0.1, -0.05) is 6.92 Å². The van der Waals surface area contributed by atoms with Gasteiger partial charge < -0.3 is 5.73 Å². The molecule has 0 aliphatic heterocycles. The van der Waals surface area contributed by atoms with Crippen molar-refractivity contribution in [3.8, 4) is 0 Å². The van der Waals surface area contributed by atoms with Crippen molar-refractivity contribution >= 4 is 19.9 Å². The molecule has 0 spiro atoms. The molecule has 15 heavy (non-hydrogen) atoms. The van der Waals surface area contributed by atoms with Gasteiger partial charge >= 0.3 is 0 Å². The van der Waals surface area contributed by atoms with Crippen LogP contribution in [0.15, 0.2) is 0 Å². The molecule has 0 aromatic rings. The summed E-state index contributed by atoms with van der Waals surface area (Å²) in [4.78, 5) is 0. The van der Waals surface area contributed by atoms with Crippen LogP contribution in [0, 0.1) is 0 Å². The molecule has 0 heterocycles. The van der Waals surface area contributed by atoms with Crippen LogP contribution in [0.4, 0.5) is 0 Å². The first-order chi connectivity index (χ1) is 6.75. The molecule has 0 saturated heterocycles. The summed E-state index contributed by atoms with van der Waals surface area (Å²) in [6.07, 6.45) is 0. The molecule has 0 rings (SSSR count). The van der Waals surface area contributed by atoms with Gasteiger partial charge in [-0.15, -0.1) is 0 Å². The highest BCUT2D eigenvalue weighted by Gasteiger charge is 2.19. The normalized spacial score (nSPS) is 15.1. The van der Waals surface area contributed by atoms with E-state index >= 15 is 0 Å². The number of rotatable bonds is 7. The zero-order chi connectivity index (χ0) is 12.1. The lowest BCUT2D eigenvalue weighted by Crippen LogP contribution is -2.39. The molecular weight excluding hydrogens is 240 g/mol. The number of hydrogen-bond donors (Lipinski definition) is 2.